The van der Waals surface area contributed by atoms with Gasteiger partial charge in [-0.05, 0) is 5.92 Å². The van der Waals surface area contributed by atoms with Gasteiger partial charge >= 0.3 is 0 Å². The maximum Gasteiger partial charge on any atom is 0.202 e. The van der Waals surface area contributed by atoms with Crippen LogP contribution < -0.4 is 10.6 Å². The standard InChI is InChI=1S/C11H17N5S2/c1-7(2)4-9-15-11(18-16-9)13-5-8-6-17-10(12-3)14-8/h6-7H,4-5H2,1-3H3,(H,12,14)(H,13,15,16). The largest absolute Gasteiger partial charge is 0.365 e. The maximum atomic E-state index is 4.45. The number of anilines is 2. The lowest BCUT2D eigenvalue weighted by atomic mass is 10.1. The van der Waals surface area contributed by atoms with Gasteiger partial charge in [-0.15, -0.1) is 11.3 Å². The number of aromatic nitrogens is 3. The van der Waals surface area contributed by atoms with E-state index in [1.807, 2.05) is 12.4 Å². The molecule has 2 aromatic heterocycles. The molecule has 98 valence electrons. The van der Waals surface area contributed by atoms with Crippen LogP contribution in [0.5, 0.6) is 0 Å². The molecule has 0 aliphatic heterocycles. The highest BCUT2D eigenvalue weighted by atomic mass is 32.1. The molecule has 0 radical (unpaired) electrons. The lowest BCUT2D eigenvalue weighted by Gasteiger charge is -1.99. The molecule has 0 saturated carbocycles. The molecule has 0 aliphatic rings. The van der Waals surface area contributed by atoms with Crippen molar-refractivity contribution < 1.29 is 0 Å². The number of hydrogen-bond donors (Lipinski definition) is 2. The Morgan fingerprint density at radius 3 is 2.78 bits per heavy atom. The predicted octanol–water partition coefficient (Wildman–Crippen LogP) is 2.85. The van der Waals surface area contributed by atoms with Crippen molar-refractivity contribution in [2.45, 2.75) is 26.8 Å². The third-order valence-electron chi connectivity index (χ3n) is 2.25. The second kappa shape index (κ2) is 6.10. The first-order valence-electron chi connectivity index (χ1n) is 5.86. The fraction of sp³-hybridized carbons (Fsp3) is 0.545. The molecule has 0 bridgehead atoms. The van der Waals surface area contributed by atoms with E-state index in [1.54, 1.807) is 11.3 Å². The first-order chi connectivity index (χ1) is 8.67. The molecule has 7 heteroatoms. The van der Waals surface area contributed by atoms with Crippen LogP contribution in [0.25, 0.3) is 0 Å². The summed E-state index contributed by atoms with van der Waals surface area (Å²) in [5.41, 5.74) is 1.02. The Labute approximate surface area is 115 Å². The Morgan fingerprint density at radius 1 is 1.28 bits per heavy atom. The first kappa shape index (κ1) is 13.2. The van der Waals surface area contributed by atoms with E-state index in [2.05, 4.69) is 38.8 Å². The molecule has 0 unspecified atom stereocenters. The van der Waals surface area contributed by atoms with Gasteiger partial charge < -0.3 is 10.6 Å². The van der Waals surface area contributed by atoms with Gasteiger partial charge in [0.1, 0.15) is 5.82 Å². The van der Waals surface area contributed by atoms with Crippen LogP contribution in [-0.4, -0.2) is 21.4 Å². The highest BCUT2D eigenvalue weighted by Gasteiger charge is 2.06. The Kier molecular flexibility index (Phi) is 4.48. The molecule has 0 atom stereocenters. The minimum atomic E-state index is 0.587. The minimum Gasteiger partial charge on any atom is -0.365 e. The average molecular weight is 283 g/mol. The summed E-state index contributed by atoms with van der Waals surface area (Å²) >= 11 is 3.01. The fourth-order valence-electron chi connectivity index (χ4n) is 1.44. The molecule has 2 heterocycles. The van der Waals surface area contributed by atoms with Gasteiger partial charge in [0.25, 0.3) is 0 Å². The van der Waals surface area contributed by atoms with Crippen molar-refractivity contribution in [2.75, 3.05) is 17.7 Å². The van der Waals surface area contributed by atoms with Gasteiger partial charge in [-0.1, -0.05) is 13.8 Å². The summed E-state index contributed by atoms with van der Waals surface area (Å²) in [6.45, 7) is 5.03. The third-order valence-corrected chi connectivity index (χ3v) is 3.86. The number of thiazole rings is 1. The molecule has 2 rings (SSSR count). The van der Waals surface area contributed by atoms with Crippen LogP contribution in [0.3, 0.4) is 0 Å². The molecule has 0 fully saturated rings. The molecule has 0 spiro atoms. The van der Waals surface area contributed by atoms with Crippen LogP contribution >= 0.6 is 22.9 Å². The van der Waals surface area contributed by atoms with Crippen LogP contribution in [0.15, 0.2) is 5.38 Å². The van der Waals surface area contributed by atoms with Crippen molar-refractivity contribution >= 4 is 33.1 Å². The zero-order valence-corrected chi connectivity index (χ0v) is 12.4. The van der Waals surface area contributed by atoms with E-state index in [0.29, 0.717) is 12.5 Å². The summed E-state index contributed by atoms with van der Waals surface area (Å²) in [7, 11) is 1.87. The molecule has 2 aromatic rings. The van der Waals surface area contributed by atoms with Crippen molar-refractivity contribution in [1.82, 2.24) is 14.3 Å². The van der Waals surface area contributed by atoms with E-state index in [0.717, 1.165) is 28.2 Å². The van der Waals surface area contributed by atoms with Gasteiger partial charge in [-0.2, -0.15) is 4.37 Å². The minimum absolute atomic E-state index is 0.587. The van der Waals surface area contributed by atoms with E-state index in [1.165, 1.54) is 11.5 Å². The highest BCUT2D eigenvalue weighted by Crippen LogP contribution is 2.17. The van der Waals surface area contributed by atoms with Gasteiger partial charge in [0.05, 0.1) is 12.2 Å². The van der Waals surface area contributed by atoms with E-state index >= 15 is 0 Å². The van der Waals surface area contributed by atoms with E-state index in [4.69, 9.17) is 0 Å². The number of rotatable bonds is 6. The molecule has 0 saturated heterocycles. The Hall–Kier alpha value is -1.21. The van der Waals surface area contributed by atoms with Crippen molar-refractivity contribution in [3.8, 4) is 0 Å². The average Bonchev–Trinajstić information content (AvgIpc) is 2.94. The summed E-state index contributed by atoms with van der Waals surface area (Å²) in [4.78, 5) is 8.85. The fourth-order valence-corrected chi connectivity index (χ4v) is 2.70. The van der Waals surface area contributed by atoms with Crippen molar-refractivity contribution in [3.63, 3.8) is 0 Å². The SMILES string of the molecule is CNc1nc(CNc2nc(CC(C)C)ns2)cs1. The summed E-state index contributed by atoms with van der Waals surface area (Å²) in [6, 6.07) is 0. The van der Waals surface area contributed by atoms with E-state index < -0.39 is 0 Å². The summed E-state index contributed by atoms with van der Waals surface area (Å²) in [6.07, 6.45) is 0.929. The highest BCUT2D eigenvalue weighted by molar-refractivity contribution is 7.13. The lowest BCUT2D eigenvalue weighted by molar-refractivity contribution is 0.627. The molecule has 2 N–H and O–H groups in total. The smallest absolute Gasteiger partial charge is 0.202 e. The predicted molar refractivity (Wildman–Crippen MR) is 77.4 cm³/mol. The summed E-state index contributed by atoms with van der Waals surface area (Å²) in [5, 5.41) is 10.1. The van der Waals surface area contributed by atoms with Crippen molar-refractivity contribution in [1.29, 1.82) is 0 Å². The topological polar surface area (TPSA) is 62.7 Å². The van der Waals surface area contributed by atoms with Crippen LogP contribution in [0.2, 0.25) is 0 Å². The van der Waals surface area contributed by atoms with E-state index in [-0.39, 0.29) is 0 Å². The van der Waals surface area contributed by atoms with Crippen LogP contribution in [0.1, 0.15) is 25.4 Å². The molecule has 0 amide bonds. The van der Waals surface area contributed by atoms with Crippen LogP contribution in [-0.2, 0) is 13.0 Å². The third kappa shape index (κ3) is 3.64. The Bertz CT molecular complexity index is 491. The first-order valence-corrected chi connectivity index (χ1v) is 7.51. The lowest BCUT2D eigenvalue weighted by Crippen LogP contribution is -2.01. The molecule has 18 heavy (non-hydrogen) atoms. The summed E-state index contributed by atoms with van der Waals surface area (Å²) in [5.74, 6) is 1.51. The summed E-state index contributed by atoms with van der Waals surface area (Å²) < 4.78 is 4.33. The van der Waals surface area contributed by atoms with Gasteiger partial charge in [0, 0.05) is 30.4 Å². The van der Waals surface area contributed by atoms with Crippen molar-refractivity contribution in [2.24, 2.45) is 5.92 Å². The molecule has 5 nitrogen and oxygen atoms in total. The number of nitrogens with zero attached hydrogens (tertiary/aromatic N) is 3. The monoisotopic (exact) mass is 283 g/mol. The zero-order chi connectivity index (χ0) is 13.0. The van der Waals surface area contributed by atoms with Gasteiger partial charge in [0.2, 0.25) is 5.13 Å². The number of hydrogen-bond acceptors (Lipinski definition) is 7. The van der Waals surface area contributed by atoms with Gasteiger partial charge in [-0.3, -0.25) is 0 Å². The van der Waals surface area contributed by atoms with Crippen LogP contribution in [0.4, 0.5) is 10.3 Å². The quantitative estimate of drug-likeness (QED) is 0.853. The van der Waals surface area contributed by atoms with Gasteiger partial charge in [-0.25, -0.2) is 9.97 Å². The normalized spacial score (nSPS) is 10.9. The number of nitrogens with one attached hydrogen (secondary N) is 2. The van der Waals surface area contributed by atoms with Gasteiger partial charge in [0.15, 0.2) is 5.13 Å². The Morgan fingerprint density at radius 2 is 2.11 bits per heavy atom. The van der Waals surface area contributed by atoms with E-state index in [9.17, 15) is 0 Å². The second-order valence-corrected chi connectivity index (χ2v) is 5.97. The molecule has 0 aromatic carbocycles. The van der Waals surface area contributed by atoms with Crippen molar-refractivity contribution in [3.05, 3.63) is 16.9 Å². The zero-order valence-electron chi connectivity index (χ0n) is 10.7. The maximum absolute atomic E-state index is 4.45. The molecular weight excluding hydrogens is 266 g/mol. The second-order valence-electron chi connectivity index (χ2n) is 4.36. The molecular formula is C11H17N5S2. The Balaban J connectivity index is 1.87. The molecule has 0 aliphatic carbocycles. The van der Waals surface area contributed by atoms with Crippen LogP contribution in [0, 0.1) is 5.92 Å².